The predicted molar refractivity (Wildman–Crippen MR) is 108 cm³/mol. The highest BCUT2D eigenvalue weighted by Gasteiger charge is 2.17. The monoisotopic (exact) mass is 386 g/mol. The lowest BCUT2D eigenvalue weighted by molar-refractivity contribution is -0.118. The van der Waals surface area contributed by atoms with Gasteiger partial charge in [-0.1, -0.05) is 49.9 Å². The van der Waals surface area contributed by atoms with Gasteiger partial charge in [0, 0.05) is 12.2 Å². The van der Waals surface area contributed by atoms with E-state index in [9.17, 15) is 4.79 Å². The van der Waals surface area contributed by atoms with Crippen molar-refractivity contribution < 1.29 is 4.79 Å². The van der Waals surface area contributed by atoms with E-state index in [4.69, 9.17) is 0 Å². The fourth-order valence-electron chi connectivity index (χ4n) is 2.42. The van der Waals surface area contributed by atoms with E-state index in [-0.39, 0.29) is 5.91 Å². The van der Waals surface area contributed by atoms with Gasteiger partial charge in [-0.2, -0.15) is 0 Å². The smallest absolute Gasteiger partial charge is 0.230 e. The first kappa shape index (κ1) is 18.7. The molecule has 0 radical (unpaired) electrons. The van der Waals surface area contributed by atoms with Gasteiger partial charge in [0.05, 0.1) is 10.6 Å². The Balaban J connectivity index is 1.76. The molecule has 0 fully saturated rings. The predicted octanol–water partition coefficient (Wildman–Crippen LogP) is 4.25. The first-order chi connectivity index (χ1) is 12.6. The normalized spacial score (nSPS) is 11.0. The summed E-state index contributed by atoms with van der Waals surface area (Å²) in [6, 6.07) is 14.0. The van der Waals surface area contributed by atoms with Crippen molar-refractivity contribution in [3.8, 4) is 16.4 Å². The van der Waals surface area contributed by atoms with Gasteiger partial charge in [-0.05, 0) is 35.9 Å². The minimum absolute atomic E-state index is 0.0240. The Morgan fingerprint density at radius 3 is 2.69 bits per heavy atom. The number of para-hydroxylation sites is 1. The molecule has 136 valence electrons. The third-order valence-electron chi connectivity index (χ3n) is 3.77. The highest BCUT2D eigenvalue weighted by Crippen LogP contribution is 2.30. The summed E-state index contributed by atoms with van der Waals surface area (Å²) in [5, 5.41) is 14.4. The number of hydrogen-bond acceptors (Lipinski definition) is 5. The van der Waals surface area contributed by atoms with Crippen LogP contribution in [-0.2, 0) is 4.79 Å². The Morgan fingerprint density at radius 1 is 1.19 bits per heavy atom. The van der Waals surface area contributed by atoms with E-state index in [0.717, 1.165) is 28.0 Å². The average Bonchev–Trinajstić information content (AvgIpc) is 3.29. The van der Waals surface area contributed by atoms with Crippen LogP contribution >= 0.6 is 23.1 Å². The molecule has 0 aliphatic heterocycles. The number of thiophene rings is 1. The molecule has 26 heavy (non-hydrogen) atoms. The number of carbonyl (C=O) groups is 1. The molecule has 0 saturated carbocycles. The third kappa shape index (κ3) is 4.74. The standard InChI is InChI=1S/C19H22N4OS2/c1-14(2)10-11-20-17(24)13-26-19-22-21-18(16-9-6-12-25-16)23(19)15-7-4-3-5-8-15/h3-9,12,14H,10-11,13H2,1-2H3,(H,20,24). The molecule has 1 aromatic carbocycles. The molecular formula is C19H22N4OS2. The van der Waals surface area contributed by atoms with Crippen LogP contribution in [0.5, 0.6) is 0 Å². The summed E-state index contributed by atoms with van der Waals surface area (Å²) in [4.78, 5) is 13.1. The van der Waals surface area contributed by atoms with Crippen molar-refractivity contribution >= 4 is 29.0 Å². The van der Waals surface area contributed by atoms with E-state index in [0.29, 0.717) is 18.2 Å². The second-order valence-electron chi connectivity index (χ2n) is 6.28. The lowest BCUT2D eigenvalue weighted by Crippen LogP contribution is -2.27. The summed E-state index contributed by atoms with van der Waals surface area (Å²) in [5.74, 6) is 1.73. The van der Waals surface area contributed by atoms with Gasteiger partial charge in [0.25, 0.3) is 0 Å². The maximum Gasteiger partial charge on any atom is 0.230 e. The van der Waals surface area contributed by atoms with Gasteiger partial charge in [0.2, 0.25) is 5.91 Å². The number of carbonyl (C=O) groups excluding carboxylic acids is 1. The lowest BCUT2D eigenvalue weighted by Gasteiger charge is -2.10. The van der Waals surface area contributed by atoms with Crippen molar-refractivity contribution in [2.24, 2.45) is 5.92 Å². The second-order valence-corrected chi connectivity index (χ2v) is 8.17. The molecule has 0 saturated heterocycles. The van der Waals surface area contributed by atoms with Gasteiger partial charge in [-0.3, -0.25) is 9.36 Å². The molecule has 0 unspecified atom stereocenters. The zero-order valence-corrected chi connectivity index (χ0v) is 16.5. The van der Waals surface area contributed by atoms with Crippen LogP contribution in [0.1, 0.15) is 20.3 Å². The van der Waals surface area contributed by atoms with Gasteiger partial charge < -0.3 is 5.32 Å². The van der Waals surface area contributed by atoms with Crippen LogP contribution in [0.15, 0.2) is 53.0 Å². The number of nitrogens with one attached hydrogen (secondary N) is 1. The number of amides is 1. The van der Waals surface area contributed by atoms with E-state index in [2.05, 4.69) is 29.4 Å². The molecule has 2 heterocycles. The van der Waals surface area contributed by atoms with Crippen LogP contribution < -0.4 is 5.32 Å². The minimum Gasteiger partial charge on any atom is -0.355 e. The van der Waals surface area contributed by atoms with Crippen LogP contribution in [0.4, 0.5) is 0 Å². The number of hydrogen-bond donors (Lipinski definition) is 1. The zero-order chi connectivity index (χ0) is 18.4. The fraction of sp³-hybridized carbons (Fsp3) is 0.316. The number of aromatic nitrogens is 3. The first-order valence-electron chi connectivity index (χ1n) is 8.59. The highest BCUT2D eigenvalue weighted by molar-refractivity contribution is 7.99. The highest BCUT2D eigenvalue weighted by atomic mass is 32.2. The molecule has 5 nitrogen and oxygen atoms in total. The summed E-state index contributed by atoms with van der Waals surface area (Å²) >= 11 is 3.03. The van der Waals surface area contributed by atoms with Crippen molar-refractivity contribution in [3.05, 3.63) is 47.8 Å². The Morgan fingerprint density at radius 2 is 2.00 bits per heavy atom. The summed E-state index contributed by atoms with van der Waals surface area (Å²) in [7, 11) is 0. The average molecular weight is 387 g/mol. The lowest BCUT2D eigenvalue weighted by atomic mass is 10.1. The summed E-state index contributed by atoms with van der Waals surface area (Å²) in [6.07, 6.45) is 0.985. The Hall–Kier alpha value is -2.12. The summed E-state index contributed by atoms with van der Waals surface area (Å²) < 4.78 is 2.01. The minimum atomic E-state index is 0.0240. The van der Waals surface area contributed by atoms with E-state index < -0.39 is 0 Å². The van der Waals surface area contributed by atoms with Gasteiger partial charge in [-0.15, -0.1) is 21.5 Å². The van der Waals surface area contributed by atoms with Crippen LogP contribution in [0, 0.1) is 5.92 Å². The fourth-order valence-corrected chi connectivity index (χ4v) is 3.90. The summed E-state index contributed by atoms with van der Waals surface area (Å²) in [5.41, 5.74) is 0.989. The van der Waals surface area contributed by atoms with Crippen molar-refractivity contribution in [3.63, 3.8) is 0 Å². The molecule has 3 aromatic rings. The Bertz CT molecular complexity index is 829. The number of benzene rings is 1. The Kier molecular flexibility index (Phi) is 6.46. The number of thioether (sulfide) groups is 1. The van der Waals surface area contributed by atoms with E-state index >= 15 is 0 Å². The largest absolute Gasteiger partial charge is 0.355 e. The quantitative estimate of drug-likeness (QED) is 0.588. The van der Waals surface area contributed by atoms with Crippen molar-refractivity contribution in [1.29, 1.82) is 0 Å². The molecule has 1 amide bonds. The molecular weight excluding hydrogens is 364 g/mol. The van der Waals surface area contributed by atoms with Gasteiger partial charge in [0.15, 0.2) is 11.0 Å². The van der Waals surface area contributed by atoms with Crippen LogP contribution in [-0.4, -0.2) is 33.0 Å². The van der Waals surface area contributed by atoms with Crippen molar-refractivity contribution in [2.45, 2.75) is 25.4 Å². The molecule has 7 heteroatoms. The molecule has 0 atom stereocenters. The number of nitrogens with zero attached hydrogens (tertiary/aromatic N) is 3. The topological polar surface area (TPSA) is 59.8 Å². The van der Waals surface area contributed by atoms with Gasteiger partial charge in [0.1, 0.15) is 0 Å². The maximum absolute atomic E-state index is 12.1. The van der Waals surface area contributed by atoms with Crippen LogP contribution in [0.2, 0.25) is 0 Å². The number of rotatable bonds is 8. The van der Waals surface area contributed by atoms with Crippen LogP contribution in [0.3, 0.4) is 0 Å². The van der Waals surface area contributed by atoms with Gasteiger partial charge >= 0.3 is 0 Å². The molecule has 0 spiro atoms. The van der Waals surface area contributed by atoms with E-state index in [1.54, 1.807) is 11.3 Å². The third-order valence-corrected chi connectivity index (χ3v) is 5.56. The first-order valence-corrected chi connectivity index (χ1v) is 10.5. The maximum atomic E-state index is 12.1. The zero-order valence-electron chi connectivity index (χ0n) is 14.9. The second kappa shape index (κ2) is 9.00. The van der Waals surface area contributed by atoms with Crippen LogP contribution in [0.25, 0.3) is 16.4 Å². The molecule has 0 aliphatic carbocycles. The molecule has 3 rings (SSSR count). The van der Waals surface area contributed by atoms with Gasteiger partial charge in [-0.25, -0.2) is 0 Å². The van der Waals surface area contributed by atoms with E-state index in [1.165, 1.54) is 11.8 Å². The SMILES string of the molecule is CC(C)CCNC(=O)CSc1nnc(-c2cccs2)n1-c1ccccc1. The van der Waals surface area contributed by atoms with E-state index in [1.807, 2.05) is 52.4 Å². The summed E-state index contributed by atoms with van der Waals surface area (Å²) in [6.45, 7) is 5.01. The molecule has 2 aromatic heterocycles. The Labute approximate surface area is 161 Å². The van der Waals surface area contributed by atoms with Crippen molar-refractivity contribution in [1.82, 2.24) is 20.1 Å². The molecule has 1 N–H and O–H groups in total. The van der Waals surface area contributed by atoms with Crippen molar-refractivity contribution in [2.75, 3.05) is 12.3 Å². The molecule has 0 bridgehead atoms. The molecule has 0 aliphatic rings.